The summed E-state index contributed by atoms with van der Waals surface area (Å²) in [5.41, 5.74) is 10.8. The second-order valence-corrected chi connectivity index (χ2v) is 7.90. The number of nitrogens with two attached hydrogens (primary N) is 2. The first kappa shape index (κ1) is 17.4. The van der Waals surface area contributed by atoms with Gasteiger partial charge in [-0.25, -0.2) is 8.42 Å². The molecule has 0 saturated carbocycles. The third-order valence-electron chi connectivity index (χ3n) is 4.14. The molecule has 118 valence electrons. The molecule has 0 bridgehead atoms. The smallest absolute Gasteiger partial charge is 0.218 e. The van der Waals surface area contributed by atoms with Crippen LogP contribution < -0.4 is 11.5 Å². The van der Waals surface area contributed by atoms with Crippen molar-refractivity contribution in [1.82, 2.24) is 4.90 Å². The highest BCUT2D eigenvalue weighted by atomic mass is 32.2. The highest BCUT2D eigenvalue weighted by Gasteiger charge is 2.27. The van der Waals surface area contributed by atoms with E-state index in [-0.39, 0.29) is 24.0 Å². The van der Waals surface area contributed by atoms with Gasteiger partial charge in [0, 0.05) is 25.6 Å². The van der Waals surface area contributed by atoms with Crippen molar-refractivity contribution < 1.29 is 13.2 Å². The maximum atomic E-state index is 11.8. The highest BCUT2D eigenvalue weighted by Crippen LogP contribution is 2.24. The molecule has 0 aromatic rings. The lowest BCUT2D eigenvalue weighted by molar-refractivity contribution is -0.117. The van der Waals surface area contributed by atoms with Crippen molar-refractivity contribution in [2.75, 3.05) is 31.1 Å². The highest BCUT2D eigenvalue weighted by molar-refractivity contribution is 7.91. The van der Waals surface area contributed by atoms with Gasteiger partial charge in [0.2, 0.25) is 5.91 Å². The van der Waals surface area contributed by atoms with Crippen LogP contribution in [0.15, 0.2) is 0 Å². The maximum absolute atomic E-state index is 11.8. The zero-order chi connectivity index (χ0) is 15.2. The van der Waals surface area contributed by atoms with E-state index in [0.717, 1.165) is 25.8 Å². The van der Waals surface area contributed by atoms with Crippen molar-refractivity contribution in [3.05, 3.63) is 0 Å². The van der Waals surface area contributed by atoms with Crippen LogP contribution in [0.3, 0.4) is 0 Å². The SMILES string of the molecule is CCC1CCN(CCS(=O)(=O)CCC(N)=O)C(CN)C1. The molecule has 1 amide bonds. The van der Waals surface area contributed by atoms with Crippen molar-refractivity contribution >= 4 is 15.7 Å². The minimum Gasteiger partial charge on any atom is -0.370 e. The number of primary amides is 1. The van der Waals surface area contributed by atoms with E-state index in [1.165, 1.54) is 0 Å². The Hall–Kier alpha value is -0.660. The number of hydrogen-bond donors (Lipinski definition) is 2. The number of rotatable bonds is 8. The van der Waals surface area contributed by atoms with E-state index in [4.69, 9.17) is 11.5 Å². The van der Waals surface area contributed by atoms with Crippen LogP contribution in [0.5, 0.6) is 0 Å². The molecule has 0 radical (unpaired) electrons. The molecule has 6 nitrogen and oxygen atoms in total. The number of piperidine rings is 1. The van der Waals surface area contributed by atoms with Crippen LogP contribution in [-0.4, -0.2) is 56.4 Å². The molecule has 20 heavy (non-hydrogen) atoms. The summed E-state index contributed by atoms with van der Waals surface area (Å²) in [6.45, 7) is 4.16. The standard InChI is InChI=1S/C13H27N3O3S/c1-2-11-3-5-16(12(9-11)10-14)6-8-20(18,19)7-4-13(15)17/h11-12H,2-10,14H2,1H3,(H2,15,17). The average molecular weight is 305 g/mol. The van der Waals surface area contributed by atoms with Crippen molar-refractivity contribution in [1.29, 1.82) is 0 Å². The van der Waals surface area contributed by atoms with Crippen molar-refractivity contribution in [3.63, 3.8) is 0 Å². The predicted molar refractivity (Wildman–Crippen MR) is 79.9 cm³/mol. The topological polar surface area (TPSA) is 106 Å². The molecule has 2 unspecified atom stereocenters. The van der Waals surface area contributed by atoms with Gasteiger partial charge in [0.1, 0.15) is 0 Å². The molecule has 0 aromatic heterocycles. The first-order chi connectivity index (χ1) is 9.38. The summed E-state index contributed by atoms with van der Waals surface area (Å²) < 4.78 is 23.7. The second-order valence-electron chi connectivity index (χ2n) is 5.59. The Morgan fingerprint density at radius 3 is 2.60 bits per heavy atom. The summed E-state index contributed by atoms with van der Waals surface area (Å²) in [6, 6.07) is 0.278. The van der Waals surface area contributed by atoms with Gasteiger partial charge in [0.25, 0.3) is 0 Å². The summed E-state index contributed by atoms with van der Waals surface area (Å²) in [6.07, 6.45) is 3.21. The quantitative estimate of drug-likeness (QED) is 0.642. The fourth-order valence-electron chi connectivity index (χ4n) is 2.71. The maximum Gasteiger partial charge on any atom is 0.218 e. The lowest BCUT2D eigenvalue weighted by Crippen LogP contribution is -2.48. The van der Waals surface area contributed by atoms with Crippen LogP contribution in [0.1, 0.15) is 32.6 Å². The Bertz CT molecular complexity index is 411. The largest absolute Gasteiger partial charge is 0.370 e. The van der Waals surface area contributed by atoms with E-state index in [1.807, 2.05) is 0 Å². The summed E-state index contributed by atoms with van der Waals surface area (Å²) in [4.78, 5) is 12.8. The summed E-state index contributed by atoms with van der Waals surface area (Å²) in [5.74, 6) is 0.0534. The van der Waals surface area contributed by atoms with Crippen LogP contribution in [0.2, 0.25) is 0 Å². The summed E-state index contributed by atoms with van der Waals surface area (Å²) in [5, 5.41) is 0. The second kappa shape index (κ2) is 7.95. The van der Waals surface area contributed by atoms with Crippen LogP contribution in [0.4, 0.5) is 0 Å². The molecule has 1 aliphatic heterocycles. The minimum atomic E-state index is -3.21. The minimum absolute atomic E-state index is 0.0770. The molecule has 1 fully saturated rings. The van der Waals surface area contributed by atoms with Gasteiger partial charge in [-0.2, -0.15) is 0 Å². The van der Waals surface area contributed by atoms with E-state index in [9.17, 15) is 13.2 Å². The third kappa shape index (κ3) is 5.76. The monoisotopic (exact) mass is 305 g/mol. The summed E-state index contributed by atoms with van der Waals surface area (Å²) in [7, 11) is -3.21. The number of carbonyl (C=O) groups is 1. The Morgan fingerprint density at radius 2 is 2.05 bits per heavy atom. The van der Waals surface area contributed by atoms with Crippen LogP contribution in [-0.2, 0) is 14.6 Å². The van der Waals surface area contributed by atoms with E-state index >= 15 is 0 Å². The van der Waals surface area contributed by atoms with Gasteiger partial charge < -0.3 is 11.5 Å². The molecule has 1 aliphatic rings. The van der Waals surface area contributed by atoms with Gasteiger partial charge in [-0.1, -0.05) is 13.3 Å². The van der Waals surface area contributed by atoms with E-state index in [2.05, 4.69) is 11.8 Å². The molecule has 4 N–H and O–H groups in total. The predicted octanol–water partition coefficient (Wildman–Crippen LogP) is -0.274. The van der Waals surface area contributed by atoms with Gasteiger partial charge in [0.15, 0.2) is 9.84 Å². The van der Waals surface area contributed by atoms with E-state index in [0.29, 0.717) is 19.0 Å². The molecular formula is C13H27N3O3S. The van der Waals surface area contributed by atoms with Gasteiger partial charge in [0.05, 0.1) is 11.5 Å². The van der Waals surface area contributed by atoms with Crippen molar-refractivity contribution in [2.24, 2.45) is 17.4 Å². The van der Waals surface area contributed by atoms with Gasteiger partial charge >= 0.3 is 0 Å². The fraction of sp³-hybridized carbons (Fsp3) is 0.923. The molecule has 1 rings (SSSR count). The lowest BCUT2D eigenvalue weighted by Gasteiger charge is -2.38. The first-order valence-corrected chi connectivity index (χ1v) is 9.13. The summed E-state index contributed by atoms with van der Waals surface area (Å²) >= 11 is 0. The molecule has 0 spiro atoms. The van der Waals surface area contributed by atoms with Crippen molar-refractivity contribution in [2.45, 2.75) is 38.6 Å². The van der Waals surface area contributed by atoms with E-state index in [1.54, 1.807) is 0 Å². The van der Waals surface area contributed by atoms with Gasteiger partial charge in [-0.15, -0.1) is 0 Å². The zero-order valence-electron chi connectivity index (χ0n) is 12.3. The fourth-order valence-corrected chi connectivity index (χ4v) is 3.94. The number of amides is 1. The number of sulfone groups is 1. The molecule has 7 heteroatoms. The molecule has 1 heterocycles. The Morgan fingerprint density at radius 1 is 1.35 bits per heavy atom. The first-order valence-electron chi connectivity index (χ1n) is 7.30. The number of carbonyl (C=O) groups excluding carboxylic acids is 1. The lowest BCUT2D eigenvalue weighted by atomic mass is 9.89. The van der Waals surface area contributed by atoms with Crippen molar-refractivity contribution in [3.8, 4) is 0 Å². The van der Waals surface area contributed by atoms with Crippen LogP contribution in [0.25, 0.3) is 0 Å². The Kier molecular flexibility index (Phi) is 6.91. The Balaban J connectivity index is 2.45. The molecule has 0 aliphatic carbocycles. The van der Waals surface area contributed by atoms with Gasteiger partial charge in [-0.3, -0.25) is 9.69 Å². The molecule has 0 aromatic carbocycles. The molecule has 1 saturated heterocycles. The molecular weight excluding hydrogens is 278 g/mol. The number of likely N-dealkylation sites (tertiary alicyclic amines) is 1. The van der Waals surface area contributed by atoms with Gasteiger partial charge in [-0.05, 0) is 25.3 Å². The van der Waals surface area contributed by atoms with Crippen LogP contribution >= 0.6 is 0 Å². The third-order valence-corrected chi connectivity index (χ3v) is 5.78. The number of hydrogen-bond acceptors (Lipinski definition) is 5. The normalized spacial score (nSPS) is 24.7. The van der Waals surface area contributed by atoms with Crippen LogP contribution in [0, 0.1) is 5.92 Å². The Labute approximate surface area is 121 Å². The average Bonchev–Trinajstić information content (AvgIpc) is 2.43. The zero-order valence-corrected chi connectivity index (χ0v) is 13.1. The van der Waals surface area contributed by atoms with E-state index < -0.39 is 15.7 Å². The number of nitrogens with zero attached hydrogens (tertiary/aromatic N) is 1. The molecule has 2 atom stereocenters.